The Labute approximate surface area is 174 Å². The van der Waals surface area contributed by atoms with Crippen molar-refractivity contribution in [3.63, 3.8) is 0 Å². The number of pyridine rings is 1. The monoisotopic (exact) mass is 417 g/mol. The molecule has 0 saturated carbocycles. The Kier molecular flexibility index (Phi) is 5.21. The predicted molar refractivity (Wildman–Crippen MR) is 112 cm³/mol. The van der Waals surface area contributed by atoms with E-state index in [1.807, 2.05) is 18.2 Å². The first kappa shape index (κ1) is 19.1. The van der Waals surface area contributed by atoms with Crippen LogP contribution in [0.5, 0.6) is 5.75 Å². The molecule has 2 aromatic rings. The zero-order valence-corrected chi connectivity index (χ0v) is 17.1. The number of benzene rings is 1. The van der Waals surface area contributed by atoms with Crippen LogP contribution in [0, 0.1) is 5.92 Å². The number of rotatable bonds is 5. The number of hydrogen-bond donors (Lipinski definition) is 0. The van der Waals surface area contributed by atoms with Gasteiger partial charge in [-0.3, -0.25) is 9.69 Å². The minimum Gasteiger partial charge on any atom is -0.480 e. The second-order valence-electron chi connectivity index (χ2n) is 7.22. The second kappa shape index (κ2) is 7.64. The van der Waals surface area contributed by atoms with Crippen LogP contribution < -0.4 is 9.64 Å². The van der Waals surface area contributed by atoms with Gasteiger partial charge in [0.15, 0.2) is 18.2 Å². The lowest BCUT2D eigenvalue weighted by Gasteiger charge is -2.43. The van der Waals surface area contributed by atoms with Gasteiger partial charge in [-0.1, -0.05) is 36.7 Å². The quantitative estimate of drug-likeness (QED) is 0.710. The van der Waals surface area contributed by atoms with E-state index in [0.717, 1.165) is 35.8 Å². The standard InChI is InChI=1S/C21H21Cl2N3O2/c1-3-14-10-25(11-14)13(2)9-26-20(27)12-28-19-6-16(8-24-21(19)26)15-4-17(22)7-18(23)5-15/h4-8,14H,2-3,9-12H2,1H3. The summed E-state index contributed by atoms with van der Waals surface area (Å²) in [5.74, 6) is 1.68. The van der Waals surface area contributed by atoms with Crippen LogP contribution >= 0.6 is 23.2 Å². The van der Waals surface area contributed by atoms with Crippen LogP contribution in [0.1, 0.15) is 13.3 Å². The van der Waals surface area contributed by atoms with E-state index in [0.29, 0.717) is 28.2 Å². The van der Waals surface area contributed by atoms with Crippen molar-refractivity contribution in [3.05, 3.63) is 52.8 Å². The van der Waals surface area contributed by atoms with Gasteiger partial charge >= 0.3 is 0 Å². The van der Waals surface area contributed by atoms with E-state index in [4.69, 9.17) is 27.9 Å². The van der Waals surface area contributed by atoms with Gasteiger partial charge in [-0.25, -0.2) is 4.98 Å². The van der Waals surface area contributed by atoms with Crippen LogP contribution in [0.3, 0.4) is 0 Å². The highest BCUT2D eigenvalue weighted by atomic mass is 35.5. The fourth-order valence-electron chi connectivity index (χ4n) is 3.49. The molecule has 0 radical (unpaired) electrons. The molecular formula is C21H21Cl2N3O2. The van der Waals surface area contributed by atoms with Gasteiger partial charge in [0.25, 0.3) is 5.91 Å². The highest BCUT2D eigenvalue weighted by molar-refractivity contribution is 6.35. The molecule has 0 N–H and O–H groups in total. The molecule has 0 atom stereocenters. The summed E-state index contributed by atoms with van der Waals surface area (Å²) in [6.45, 7) is 8.77. The number of ether oxygens (including phenoxy) is 1. The molecule has 1 amide bonds. The molecule has 1 saturated heterocycles. The number of aromatic nitrogens is 1. The number of hydrogen-bond acceptors (Lipinski definition) is 4. The van der Waals surface area contributed by atoms with Crippen molar-refractivity contribution in [1.29, 1.82) is 0 Å². The van der Waals surface area contributed by atoms with Gasteiger partial charge < -0.3 is 9.64 Å². The van der Waals surface area contributed by atoms with Crippen LogP contribution in [-0.2, 0) is 4.79 Å². The molecule has 0 bridgehead atoms. The van der Waals surface area contributed by atoms with Crippen LogP contribution in [-0.4, -0.2) is 42.0 Å². The Morgan fingerprint density at radius 3 is 2.61 bits per heavy atom. The van der Waals surface area contributed by atoms with E-state index < -0.39 is 0 Å². The van der Waals surface area contributed by atoms with Gasteiger partial charge in [0.2, 0.25) is 0 Å². The minimum atomic E-state index is -0.118. The molecule has 1 aromatic carbocycles. The smallest absolute Gasteiger partial charge is 0.266 e. The lowest BCUT2D eigenvalue weighted by atomic mass is 9.97. The summed E-state index contributed by atoms with van der Waals surface area (Å²) in [5, 5.41) is 1.10. The zero-order chi connectivity index (χ0) is 19.8. The number of fused-ring (bicyclic) bond motifs is 1. The van der Waals surface area contributed by atoms with Crippen LogP contribution in [0.25, 0.3) is 11.1 Å². The van der Waals surface area contributed by atoms with Gasteiger partial charge in [0, 0.05) is 40.6 Å². The molecule has 2 aliphatic rings. The van der Waals surface area contributed by atoms with Gasteiger partial charge in [-0.15, -0.1) is 0 Å². The van der Waals surface area contributed by atoms with E-state index >= 15 is 0 Å². The lowest BCUT2D eigenvalue weighted by molar-refractivity contribution is -0.121. The predicted octanol–water partition coefficient (Wildman–Crippen LogP) is 4.64. The fourth-order valence-corrected chi connectivity index (χ4v) is 4.02. The SMILES string of the molecule is C=C(CN1C(=O)COc2cc(-c3cc(Cl)cc(Cl)c3)cnc21)N1CC(CC)C1. The molecule has 28 heavy (non-hydrogen) atoms. The Bertz CT molecular complexity index is 921. The molecule has 146 valence electrons. The maximum absolute atomic E-state index is 12.5. The minimum absolute atomic E-state index is 0.0146. The van der Waals surface area contributed by atoms with Crippen LogP contribution in [0.15, 0.2) is 42.7 Å². The largest absolute Gasteiger partial charge is 0.480 e. The summed E-state index contributed by atoms with van der Waals surface area (Å²) in [7, 11) is 0. The van der Waals surface area contributed by atoms with Gasteiger partial charge in [-0.05, 0) is 42.2 Å². The van der Waals surface area contributed by atoms with E-state index in [1.165, 1.54) is 6.42 Å². The number of carbonyl (C=O) groups excluding carboxylic acids is 1. The topological polar surface area (TPSA) is 45.7 Å². The van der Waals surface area contributed by atoms with E-state index in [2.05, 4.69) is 23.4 Å². The Balaban J connectivity index is 1.57. The summed E-state index contributed by atoms with van der Waals surface area (Å²) < 4.78 is 5.64. The number of amides is 1. The number of anilines is 1. The number of nitrogens with zero attached hydrogens (tertiary/aromatic N) is 3. The van der Waals surface area contributed by atoms with Crippen molar-refractivity contribution in [2.45, 2.75) is 13.3 Å². The third-order valence-electron chi connectivity index (χ3n) is 5.26. The van der Waals surface area contributed by atoms with Crippen LogP contribution in [0.2, 0.25) is 10.0 Å². The third-order valence-corrected chi connectivity index (χ3v) is 5.70. The summed E-state index contributed by atoms with van der Waals surface area (Å²) in [6.07, 6.45) is 2.87. The highest BCUT2D eigenvalue weighted by Gasteiger charge is 2.31. The Morgan fingerprint density at radius 1 is 1.21 bits per heavy atom. The van der Waals surface area contributed by atoms with E-state index in [1.54, 1.807) is 17.2 Å². The first-order valence-corrected chi connectivity index (χ1v) is 10.0. The molecule has 1 aromatic heterocycles. The maximum Gasteiger partial charge on any atom is 0.266 e. The molecule has 0 spiro atoms. The lowest BCUT2D eigenvalue weighted by Crippen LogP contribution is -2.49. The Morgan fingerprint density at radius 2 is 1.93 bits per heavy atom. The molecule has 0 unspecified atom stereocenters. The van der Waals surface area contributed by atoms with Crippen molar-refractivity contribution in [1.82, 2.24) is 9.88 Å². The Hall–Kier alpha value is -2.24. The van der Waals surface area contributed by atoms with Gasteiger partial charge in [0.05, 0.1) is 6.54 Å². The first-order chi connectivity index (χ1) is 13.4. The average molecular weight is 418 g/mol. The first-order valence-electron chi connectivity index (χ1n) is 9.27. The van der Waals surface area contributed by atoms with Crippen molar-refractivity contribution < 1.29 is 9.53 Å². The third kappa shape index (κ3) is 3.69. The van der Waals surface area contributed by atoms with Gasteiger partial charge in [-0.2, -0.15) is 0 Å². The maximum atomic E-state index is 12.5. The molecule has 1 fully saturated rings. The van der Waals surface area contributed by atoms with Crippen molar-refractivity contribution in [2.24, 2.45) is 5.92 Å². The highest BCUT2D eigenvalue weighted by Crippen LogP contribution is 2.36. The summed E-state index contributed by atoms with van der Waals surface area (Å²) >= 11 is 12.2. The van der Waals surface area contributed by atoms with Crippen molar-refractivity contribution >= 4 is 34.9 Å². The zero-order valence-electron chi connectivity index (χ0n) is 15.6. The van der Waals surface area contributed by atoms with Gasteiger partial charge in [0.1, 0.15) is 0 Å². The van der Waals surface area contributed by atoms with Crippen LogP contribution in [0.4, 0.5) is 5.82 Å². The molecule has 4 rings (SSSR count). The normalized spacial score (nSPS) is 16.5. The van der Waals surface area contributed by atoms with E-state index in [9.17, 15) is 4.79 Å². The summed E-state index contributed by atoms with van der Waals surface area (Å²) in [5.41, 5.74) is 2.60. The summed E-state index contributed by atoms with van der Waals surface area (Å²) in [6, 6.07) is 7.18. The van der Waals surface area contributed by atoms with Crippen molar-refractivity contribution in [2.75, 3.05) is 31.1 Å². The number of carbonyl (C=O) groups is 1. The molecule has 5 nitrogen and oxygen atoms in total. The fraction of sp³-hybridized carbons (Fsp3) is 0.333. The number of halogens is 2. The second-order valence-corrected chi connectivity index (χ2v) is 8.09. The molecule has 3 heterocycles. The number of likely N-dealkylation sites (tertiary alicyclic amines) is 1. The summed E-state index contributed by atoms with van der Waals surface area (Å²) in [4.78, 5) is 20.8. The van der Waals surface area contributed by atoms with E-state index in [-0.39, 0.29) is 12.5 Å². The van der Waals surface area contributed by atoms with Crippen molar-refractivity contribution in [3.8, 4) is 16.9 Å². The molecule has 2 aliphatic heterocycles. The molecule has 7 heteroatoms. The average Bonchev–Trinajstić information content (AvgIpc) is 2.62. The molecular weight excluding hydrogens is 397 g/mol. The molecule has 0 aliphatic carbocycles.